The highest BCUT2D eigenvalue weighted by molar-refractivity contribution is 7.09. The van der Waals surface area contributed by atoms with Crippen molar-refractivity contribution in [1.82, 2.24) is 9.97 Å². The molecule has 3 N–H and O–H groups in total. The van der Waals surface area contributed by atoms with Crippen LogP contribution in [0.2, 0.25) is 0 Å². The topological polar surface area (TPSA) is 87.6 Å². The number of nitrogens with two attached hydrogens (primary N) is 1. The third-order valence-corrected chi connectivity index (χ3v) is 3.62. The van der Waals surface area contributed by atoms with Crippen LogP contribution < -0.4 is 10.6 Å². The fraction of sp³-hybridized carbons (Fsp3) is 0.308. The summed E-state index contributed by atoms with van der Waals surface area (Å²) in [5.74, 6) is 0.840. The van der Waals surface area contributed by atoms with Crippen LogP contribution in [0.15, 0.2) is 22.7 Å². The fourth-order valence-corrected chi connectivity index (χ4v) is 2.46. The zero-order valence-corrected chi connectivity index (χ0v) is 12.5. The molecule has 7 heteroatoms. The maximum atomic E-state index is 8.77. The third-order valence-electron chi connectivity index (χ3n) is 2.80. The Balaban J connectivity index is 2.25. The lowest BCUT2D eigenvalue weighted by atomic mass is 10.2. The van der Waals surface area contributed by atoms with E-state index in [0.29, 0.717) is 12.1 Å². The highest BCUT2D eigenvalue weighted by Crippen LogP contribution is 2.17. The van der Waals surface area contributed by atoms with Gasteiger partial charge in [0.2, 0.25) is 0 Å². The Morgan fingerprint density at radius 2 is 2.15 bits per heavy atom. The van der Waals surface area contributed by atoms with Gasteiger partial charge >= 0.3 is 0 Å². The summed E-state index contributed by atoms with van der Waals surface area (Å²) in [5.41, 5.74) is 8.09. The van der Waals surface area contributed by atoms with Crippen LogP contribution in [0.5, 0.6) is 0 Å². The average Bonchev–Trinajstić information content (AvgIpc) is 2.82. The van der Waals surface area contributed by atoms with Gasteiger partial charge < -0.3 is 15.8 Å². The molecule has 0 aliphatic rings. The van der Waals surface area contributed by atoms with Crippen molar-refractivity contribution in [3.63, 3.8) is 0 Å². The molecule has 2 heterocycles. The lowest BCUT2D eigenvalue weighted by molar-refractivity contribution is 0.318. The van der Waals surface area contributed by atoms with E-state index in [9.17, 15) is 0 Å². The Kier molecular flexibility index (Phi) is 4.19. The van der Waals surface area contributed by atoms with Crippen LogP contribution in [-0.4, -0.2) is 28.1 Å². The lowest BCUT2D eigenvalue weighted by Crippen LogP contribution is -2.20. The molecule has 0 aromatic carbocycles. The predicted molar refractivity (Wildman–Crippen MR) is 80.4 cm³/mol. The number of aromatic nitrogens is 2. The molecule has 0 unspecified atom stereocenters. The molecule has 0 spiro atoms. The molecule has 0 aliphatic heterocycles. The van der Waals surface area contributed by atoms with Gasteiger partial charge in [-0.1, -0.05) is 5.16 Å². The number of pyridine rings is 1. The van der Waals surface area contributed by atoms with Crippen molar-refractivity contribution in [3.8, 4) is 0 Å². The van der Waals surface area contributed by atoms with Crippen LogP contribution in [0, 0.1) is 13.8 Å². The predicted octanol–water partition coefficient (Wildman–Crippen LogP) is 1.89. The number of anilines is 1. The standard InChI is InChI=1S/C13H17N5OS/c1-8-4-10(13(14)17-19)5-12(15-8)18(3)6-11-7-20-9(2)16-11/h4-5,7,19H,6H2,1-3H3,(H2,14,17). The van der Waals surface area contributed by atoms with Crippen molar-refractivity contribution < 1.29 is 5.21 Å². The second kappa shape index (κ2) is 5.87. The summed E-state index contributed by atoms with van der Waals surface area (Å²) in [7, 11) is 1.94. The van der Waals surface area contributed by atoms with Gasteiger partial charge in [0.25, 0.3) is 0 Å². The summed E-state index contributed by atoms with van der Waals surface area (Å²) in [4.78, 5) is 10.9. The number of amidine groups is 1. The van der Waals surface area contributed by atoms with Gasteiger partial charge in [-0.3, -0.25) is 0 Å². The Morgan fingerprint density at radius 1 is 1.40 bits per heavy atom. The Hall–Kier alpha value is -2.15. The smallest absolute Gasteiger partial charge is 0.170 e. The number of aryl methyl sites for hydroxylation is 2. The lowest BCUT2D eigenvalue weighted by Gasteiger charge is -2.18. The minimum Gasteiger partial charge on any atom is -0.409 e. The quantitative estimate of drug-likeness (QED) is 0.389. The first kappa shape index (κ1) is 14.3. The van der Waals surface area contributed by atoms with E-state index in [1.54, 1.807) is 23.5 Å². The van der Waals surface area contributed by atoms with Gasteiger partial charge in [-0.05, 0) is 26.0 Å². The van der Waals surface area contributed by atoms with Gasteiger partial charge in [0.15, 0.2) is 5.84 Å². The number of nitrogens with zero attached hydrogens (tertiary/aromatic N) is 4. The largest absolute Gasteiger partial charge is 0.409 e. The summed E-state index contributed by atoms with van der Waals surface area (Å²) in [6, 6.07) is 3.57. The van der Waals surface area contributed by atoms with Crippen LogP contribution in [0.3, 0.4) is 0 Å². The Labute approximate surface area is 121 Å². The minimum atomic E-state index is 0.0784. The van der Waals surface area contributed by atoms with E-state index in [0.717, 1.165) is 22.2 Å². The normalized spacial score (nSPS) is 11.7. The molecule has 0 radical (unpaired) electrons. The number of hydrogen-bond acceptors (Lipinski definition) is 6. The Bertz CT molecular complexity index is 637. The summed E-state index contributed by atoms with van der Waals surface area (Å²) in [6.45, 7) is 4.52. The molecule has 20 heavy (non-hydrogen) atoms. The monoisotopic (exact) mass is 291 g/mol. The van der Waals surface area contributed by atoms with Gasteiger partial charge in [0.1, 0.15) is 5.82 Å². The maximum Gasteiger partial charge on any atom is 0.170 e. The van der Waals surface area contributed by atoms with E-state index in [-0.39, 0.29) is 5.84 Å². The summed E-state index contributed by atoms with van der Waals surface area (Å²) in [6.07, 6.45) is 0. The SMILES string of the molecule is Cc1cc(/C(N)=N/O)cc(N(C)Cc2csc(C)n2)n1. The first-order valence-electron chi connectivity index (χ1n) is 6.08. The van der Waals surface area contributed by atoms with Crippen molar-refractivity contribution in [1.29, 1.82) is 0 Å². The van der Waals surface area contributed by atoms with Crippen molar-refractivity contribution >= 4 is 23.0 Å². The highest BCUT2D eigenvalue weighted by Gasteiger charge is 2.10. The van der Waals surface area contributed by atoms with E-state index in [1.165, 1.54) is 0 Å². The molecule has 0 atom stereocenters. The van der Waals surface area contributed by atoms with Gasteiger partial charge in [0, 0.05) is 23.7 Å². The molecule has 6 nitrogen and oxygen atoms in total. The fourth-order valence-electron chi connectivity index (χ4n) is 1.86. The van der Waals surface area contributed by atoms with Crippen LogP contribution in [0.25, 0.3) is 0 Å². The molecule has 2 rings (SSSR count). The summed E-state index contributed by atoms with van der Waals surface area (Å²) >= 11 is 1.63. The second-order valence-corrected chi connectivity index (χ2v) is 5.62. The number of hydrogen-bond donors (Lipinski definition) is 2. The van der Waals surface area contributed by atoms with Crippen LogP contribution in [-0.2, 0) is 6.54 Å². The number of rotatable bonds is 4. The van der Waals surface area contributed by atoms with Crippen LogP contribution in [0.1, 0.15) is 22.0 Å². The highest BCUT2D eigenvalue weighted by atomic mass is 32.1. The molecule has 0 saturated carbocycles. The van der Waals surface area contributed by atoms with Gasteiger partial charge in [-0.2, -0.15) is 0 Å². The zero-order valence-electron chi connectivity index (χ0n) is 11.7. The molecule has 0 saturated heterocycles. The van der Waals surface area contributed by atoms with Gasteiger partial charge in [-0.25, -0.2) is 9.97 Å². The van der Waals surface area contributed by atoms with Crippen molar-refractivity contribution in [2.45, 2.75) is 20.4 Å². The molecule has 0 amide bonds. The molecular formula is C13H17N5OS. The number of oxime groups is 1. The second-order valence-electron chi connectivity index (χ2n) is 4.55. The first-order valence-corrected chi connectivity index (χ1v) is 6.96. The minimum absolute atomic E-state index is 0.0784. The van der Waals surface area contributed by atoms with Crippen molar-refractivity contribution in [3.05, 3.63) is 39.5 Å². The van der Waals surface area contributed by atoms with E-state index in [2.05, 4.69) is 15.1 Å². The molecule has 0 bridgehead atoms. The molecule has 106 valence electrons. The van der Waals surface area contributed by atoms with Crippen LogP contribution >= 0.6 is 11.3 Å². The molecule has 0 fully saturated rings. The van der Waals surface area contributed by atoms with Gasteiger partial charge in [-0.15, -0.1) is 11.3 Å². The van der Waals surface area contributed by atoms with E-state index in [4.69, 9.17) is 10.9 Å². The third kappa shape index (κ3) is 3.24. The molecule has 0 aliphatic carbocycles. The maximum absolute atomic E-state index is 8.77. The van der Waals surface area contributed by atoms with Crippen molar-refractivity contribution in [2.75, 3.05) is 11.9 Å². The summed E-state index contributed by atoms with van der Waals surface area (Å²) in [5, 5.41) is 14.9. The van der Waals surface area contributed by atoms with Gasteiger partial charge in [0.05, 0.1) is 17.2 Å². The van der Waals surface area contributed by atoms with Crippen molar-refractivity contribution in [2.24, 2.45) is 10.9 Å². The Morgan fingerprint density at radius 3 is 2.75 bits per heavy atom. The molecule has 2 aromatic heterocycles. The number of thiazole rings is 1. The zero-order chi connectivity index (χ0) is 14.7. The summed E-state index contributed by atoms with van der Waals surface area (Å²) < 4.78 is 0. The van der Waals surface area contributed by atoms with E-state index >= 15 is 0 Å². The molecular weight excluding hydrogens is 274 g/mol. The molecule has 2 aromatic rings. The first-order chi connectivity index (χ1) is 9.49. The van der Waals surface area contributed by atoms with Crippen LogP contribution in [0.4, 0.5) is 5.82 Å². The van der Waals surface area contributed by atoms with E-state index < -0.39 is 0 Å². The van der Waals surface area contributed by atoms with E-state index in [1.807, 2.05) is 31.2 Å². The average molecular weight is 291 g/mol.